The molecule has 2 aromatic rings. The van der Waals surface area contributed by atoms with E-state index in [0.29, 0.717) is 12.1 Å². The molecule has 0 fully saturated rings. The molecule has 1 aliphatic rings. The SMILES string of the molecule is C=CC=C.CN1Cc2sc(Cl)cc2C(c2sccc2SF)C1. The van der Waals surface area contributed by atoms with Gasteiger partial charge in [0.15, 0.2) is 0 Å². The molecule has 0 aromatic carbocycles. The van der Waals surface area contributed by atoms with Gasteiger partial charge in [0.2, 0.25) is 0 Å². The number of rotatable bonds is 3. The van der Waals surface area contributed by atoms with Crippen LogP contribution in [0.15, 0.2) is 47.7 Å². The van der Waals surface area contributed by atoms with Gasteiger partial charge in [0.05, 0.1) is 21.4 Å². The lowest BCUT2D eigenvalue weighted by Crippen LogP contribution is -2.29. The van der Waals surface area contributed by atoms with Gasteiger partial charge in [0.1, 0.15) is 0 Å². The Hall–Kier alpha value is -0.590. The van der Waals surface area contributed by atoms with Crippen LogP contribution in [0.25, 0.3) is 0 Å². The van der Waals surface area contributed by atoms with Gasteiger partial charge in [-0.05, 0) is 30.1 Å². The average Bonchev–Trinajstić information content (AvgIpc) is 3.11. The second kappa shape index (κ2) is 8.31. The molecule has 0 spiro atoms. The summed E-state index contributed by atoms with van der Waals surface area (Å²) in [6, 6.07) is 3.90. The standard InChI is InChI=1S/C12H11ClFNS3.C4H6/c1-15-5-8(12-9(18-14)2-3-16-12)7-4-11(13)17-10(7)6-15;1-3-4-2/h2-4,8H,5-6H2,1H3;3-4H,1-2H2. The third kappa shape index (κ3) is 4.03. The fraction of sp³-hybridized carbons (Fsp3) is 0.250. The first-order valence-corrected chi connectivity index (χ1v) is 9.45. The van der Waals surface area contributed by atoms with Crippen LogP contribution in [0, 0.1) is 0 Å². The van der Waals surface area contributed by atoms with Gasteiger partial charge in [-0.2, -0.15) is 3.89 Å². The highest BCUT2D eigenvalue weighted by molar-refractivity contribution is 7.94. The molecule has 0 N–H and O–H groups in total. The molecular weight excluding hydrogens is 357 g/mol. The number of likely N-dealkylation sites (N-methyl/N-ethyl adjacent to an activating group) is 1. The van der Waals surface area contributed by atoms with Gasteiger partial charge in [-0.3, -0.25) is 0 Å². The highest BCUT2D eigenvalue weighted by atomic mass is 35.5. The average molecular weight is 374 g/mol. The van der Waals surface area contributed by atoms with Crippen LogP contribution in [0.2, 0.25) is 4.34 Å². The van der Waals surface area contributed by atoms with Crippen molar-refractivity contribution in [3.8, 4) is 0 Å². The summed E-state index contributed by atoms with van der Waals surface area (Å²) in [6.07, 6.45) is 3.28. The number of hydrogen-bond donors (Lipinski definition) is 0. The third-order valence-electron chi connectivity index (χ3n) is 3.32. The molecule has 1 unspecified atom stereocenters. The molecule has 118 valence electrons. The molecule has 1 nitrogen and oxygen atoms in total. The number of hydrogen-bond acceptors (Lipinski definition) is 4. The molecule has 0 amide bonds. The van der Waals surface area contributed by atoms with Gasteiger partial charge >= 0.3 is 0 Å². The van der Waals surface area contributed by atoms with E-state index < -0.39 is 0 Å². The first-order chi connectivity index (χ1) is 10.6. The minimum absolute atomic E-state index is 0.251. The lowest BCUT2D eigenvalue weighted by molar-refractivity contribution is 0.299. The molecule has 3 rings (SSSR count). The topological polar surface area (TPSA) is 3.24 Å². The van der Waals surface area contributed by atoms with Crippen molar-refractivity contribution >= 4 is 46.4 Å². The van der Waals surface area contributed by atoms with E-state index in [1.165, 1.54) is 10.4 Å². The minimum Gasteiger partial charge on any atom is -0.300 e. The van der Waals surface area contributed by atoms with Gasteiger partial charge in [-0.25, -0.2) is 0 Å². The molecular formula is C16H17ClFNS3. The number of allylic oxidation sites excluding steroid dienone is 2. The van der Waals surface area contributed by atoms with Crippen LogP contribution in [0.5, 0.6) is 0 Å². The van der Waals surface area contributed by atoms with Gasteiger partial charge in [0, 0.05) is 28.8 Å². The quantitative estimate of drug-likeness (QED) is 0.574. The minimum atomic E-state index is 0.251. The van der Waals surface area contributed by atoms with Crippen molar-refractivity contribution in [2.24, 2.45) is 0 Å². The summed E-state index contributed by atoms with van der Waals surface area (Å²) in [5, 5.41) is 1.96. The Morgan fingerprint density at radius 2 is 2.18 bits per heavy atom. The van der Waals surface area contributed by atoms with Gasteiger partial charge in [-0.1, -0.05) is 36.9 Å². The lowest BCUT2D eigenvalue weighted by atomic mass is 9.94. The number of fused-ring (bicyclic) bond motifs is 1. The summed E-state index contributed by atoms with van der Waals surface area (Å²) >= 11 is 9.73. The maximum atomic E-state index is 12.9. The molecule has 6 heteroatoms. The molecule has 0 saturated heterocycles. The molecule has 3 heterocycles. The van der Waals surface area contributed by atoms with Crippen LogP contribution < -0.4 is 0 Å². The zero-order valence-electron chi connectivity index (χ0n) is 12.2. The summed E-state index contributed by atoms with van der Waals surface area (Å²) in [5.74, 6) is 0.251. The molecule has 2 aromatic heterocycles. The third-order valence-corrected chi connectivity index (χ3v) is 6.26. The van der Waals surface area contributed by atoms with Gasteiger partial charge in [-0.15, -0.1) is 22.7 Å². The van der Waals surface area contributed by atoms with Crippen LogP contribution in [-0.4, -0.2) is 18.5 Å². The van der Waals surface area contributed by atoms with E-state index in [9.17, 15) is 3.89 Å². The van der Waals surface area contributed by atoms with Crippen LogP contribution in [-0.2, 0) is 6.54 Å². The second-order valence-electron chi connectivity index (χ2n) is 4.88. The van der Waals surface area contributed by atoms with E-state index in [0.717, 1.165) is 27.2 Å². The van der Waals surface area contributed by atoms with Crippen molar-refractivity contribution < 1.29 is 3.89 Å². The number of nitrogens with zero attached hydrogens (tertiary/aromatic N) is 1. The highest BCUT2D eigenvalue weighted by Crippen LogP contribution is 2.44. The molecule has 1 aliphatic heterocycles. The maximum Gasteiger partial charge on any atom is 0.0934 e. The van der Waals surface area contributed by atoms with Crippen molar-refractivity contribution in [3.05, 3.63) is 62.5 Å². The smallest absolute Gasteiger partial charge is 0.0934 e. The Morgan fingerprint density at radius 3 is 2.82 bits per heavy atom. The van der Waals surface area contributed by atoms with Crippen molar-refractivity contribution in [2.75, 3.05) is 13.6 Å². The predicted molar refractivity (Wildman–Crippen MR) is 99.2 cm³/mol. The molecule has 22 heavy (non-hydrogen) atoms. The first-order valence-electron chi connectivity index (χ1n) is 6.66. The van der Waals surface area contributed by atoms with Gasteiger partial charge < -0.3 is 4.90 Å². The van der Waals surface area contributed by atoms with E-state index in [4.69, 9.17) is 11.6 Å². The fourth-order valence-electron chi connectivity index (χ4n) is 2.40. The monoisotopic (exact) mass is 373 g/mol. The maximum absolute atomic E-state index is 12.9. The zero-order chi connectivity index (χ0) is 16.1. The number of thiophene rings is 2. The largest absolute Gasteiger partial charge is 0.300 e. The van der Waals surface area contributed by atoms with E-state index in [1.807, 2.05) is 17.5 Å². The highest BCUT2D eigenvalue weighted by Gasteiger charge is 2.29. The summed E-state index contributed by atoms with van der Waals surface area (Å²) in [7, 11) is 2.10. The van der Waals surface area contributed by atoms with Crippen LogP contribution in [0.4, 0.5) is 3.89 Å². The van der Waals surface area contributed by atoms with E-state index >= 15 is 0 Å². The normalized spacial score (nSPS) is 17.3. The summed E-state index contributed by atoms with van der Waals surface area (Å²) in [5.41, 5.74) is 1.28. The van der Waals surface area contributed by atoms with Crippen LogP contribution in [0.1, 0.15) is 21.2 Å². The summed E-state index contributed by atoms with van der Waals surface area (Å²) in [4.78, 5) is 5.44. The Morgan fingerprint density at radius 1 is 1.45 bits per heavy atom. The Bertz CT molecular complexity index is 644. The van der Waals surface area contributed by atoms with E-state index in [2.05, 4.69) is 25.1 Å². The number of halogens is 2. The van der Waals surface area contributed by atoms with E-state index in [1.54, 1.807) is 34.8 Å². The Balaban J connectivity index is 0.000000396. The van der Waals surface area contributed by atoms with E-state index in [-0.39, 0.29) is 5.92 Å². The Labute approximate surface area is 148 Å². The Kier molecular flexibility index (Phi) is 6.71. The first kappa shape index (κ1) is 17.8. The molecule has 0 bridgehead atoms. The second-order valence-corrected chi connectivity index (χ2v) is 8.19. The van der Waals surface area contributed by atoms with Crippen molar-refractivity contribution in [3.63, 3.8) is 0 Å². The molecule has 0 saturated carbocycles. The van der Waals surface area contributed by atoms with Crippen LogP contribution >= 0.6 is 46.4 Å². The summed E-state index contributed by atoms with van der Waals surface area (Å²) < 4.78 is 13.8. The molecule has 0 aliphatic carbocycles. The fourth-order valence-corrected chi connectivity index (χ4v) is 5.38. The van der Waals surface area contributed by atoms with Crippen molar-refractivity contribution in [2.45, 2.75) is 17.4 Å². The predicted octanol–water partition coefficient (Wildman–Crippen LogP) is 6.38. The summed E-state index contributed by atoms with van der Waals surface area (Å²) in [6.45, 7) is 8.58. The molecule has 0 radical (unpaired) electrons. The zero-order valence-corrected chi connectivity index (χ0v) is 15.4. The van der Waals surface area contributed by atoms with Gasteiger partial charge in [0.25, 0.3) is 0 Å². The van der Waals surface area contributed by atoms with Crippen molar-refractivity contribution in [1.82, 2.24) is 4.90 Å². The van der Waals surface area contributed by atoms with Crippen molar-refractivity contribution in [1.29, 1.82) is 0 Å². The molecule has 1 atom stereocenters. The van der Waals surface area contributed by atoms with Crippen LogP contribution in [0.3, 0.4) is 0 Å². The lowest BCUT2D eigenvalue weighted by Gasteiger charge is -2.29.